The largest absolute Gasteiger partial charge is 0.366 e. The lowest BCUT2D eigenvalue weighted by atomic mass is 10.1. The topological polar surface area (TPSA) is 32.7 Å². The van der Waals surface area contributed by atoms with E-state index in [1.54, 1.807) is 24.0 Å². The summed E-state index contributed by atoms with van der Waals surface area (Å²) in [6.07, 6.45) is 0. The van der Waals surface area contributed by atoms with Gasteiger partial charge in [-0.3, -0.25) is 4.79 Å². The Morgan fingerprint density at radius 2 is 2.00 bits per heavy atom. The van der Waals surface area contributed by atoms with Crippen molar-refractivity contribution in [3.05, 3.63) is 33.8 Å². The number of rotatable bonds is 1. The molecule has 3 nitrogen and oxygen atoms in total. The van der Waals surface area contributed by atoms with Crippen molar-refractivity contribution in [2.75, 3.05) is 14.1 Å². The molecule has 0 heterocycles. The first-order valence-corrected chi connectivity index (χ1v) is 5.74. The van der Waals surface area contributed by atoms with Crippen LogP contribution in [-0.2, 0) is 0 Å². The molecule has 86 valence electrons. The van der Waals surface area contributed by atoms with Crippen molar-refractivity contribution in [2.45, 2.75) is 13.8 Å². The Morgan fingerprint density at radius 3 is 2.50 bits per heavy atom. The van der Waals surface area contributed by atoms with Gasteiger partial charge in [0.05, 0.1) is 0 Å². The van der Waals surface area contributed by atoms with Gasteiger partial charge in [0, 0.05) is 24.1 Å². The van der Waals surface area contributed by atoms with Crippen molar-refractivity contribution in [3.63, 3.8) is 0 Å². The van der Waals surface area contributed by atoms with Gasteiger partial charge in [-0.1, -0.05) is 22.0 Å². The van der Waals surface area contributed by atoms with Crippen LogP contribution in [0, 0.1) is 6.92 Å². The summed E-state index contributed by atoms with van der Waals surface area (Å²) in [7, 11) is 3.72. The van der Waals surface area contributed by atoms with Crippen LogP contribution < -0.4 is 0 Å². The van der Waals surface area contributed by atoms with Gasteiger partial charge in [-0.15, -0.1) is 0 Å². The third kappa shape index (κ3) is 3.17. The molecule has 0 spiro atoms. The van der Waals surface area contributed by atoms with Gasteiger partial charge >= 0.3 is 0 Å². The summed E-state index contributed by atoms with van der Waals surface area (Å²) in [5.74, 6) is 0.480. The van der Waals surface area contributed by atoms with Gasteiger partial charge < -0.3 is 4.90 Å². The normalized spacial score (nSPS) is 11.4. The molecule has 16 heavy (non-hydrogen) atoms. The molecule has 0 saturated heterocycles. The number of amides is 1. The average Bonchev–Trinajstić information content (AvgIpc) is 2.21. The van der Waals surface area contributed by atoms with E-state index in [4.69, 9.17) is 0 Å². The van der Waals surface area contributed by atoms with E-state index < -0.39 is 0 Å². The first kappa shape index (κ1) is 12.9. The van der Waals surface area contributed by atoms with E-state index >= 15 is 0 Å². The van der Waals surface area contributed by atoms with E-state index in [2.05, 4.69) is 20.9 Å². The highest BCUT2D eigenvalue weighted by atomic mass is 79.9. The monoisotopic (exact) mass is 282 g/mol. The predicted octanol–water partition coefficient (Wildman–Crippen LogP) is 2.88. The third-order valence-electron chi connectivity index (χ3n) is 2.33. The molecule has 0 bridgehead atoms. The van der Waals surface area contributed by atoms with Crippen LogP contribution in [0.5, 0.6) is 0 Å². The smallest absolute Gasteiger partial charge is 0.278 e. The maximum absolute atomic E-state index is 11.8. The highest BCUT2D eigenvalue weighted by molar-refractivity contribution is 9.10. The van der Waals surface area contributed by atoms with E-state index in [9.17, 15) is 4.79 Å². The van der Waals surface area contributed by atoms with Gasteiger partial charge in [0.2, 0.25) is 0 Å². The molecule has 0 fully saturated rings. The summed E-state index contributed by atoms with van der Waals surface area (Å²) in [5.41, 5.74) is 1.70. The molecule has 4 heteroatoms. The summed E-state index contributed by atoms with van der Waals surface area (Å²) in [6.45, 7) is 3.79. The second-order valence-corrected chi connectivity index (χ2v) is 4.68. The predicted molar refractivity (Wildman–Crippen MR) is 70.0 cm³/mol. The van der Waals surface area contributed by atoms with E-state index in [0.29, 0.717) is 11.4 Å². The number of hydrogen-bond donors (Lipinski definition) is 0. The van der Waals surface area contributed by atoms with Crippen LogP contribution in [0.15, 0.2) is 27.7 Å². The Balaban J connectivity index is 2.98. The summed E-state index contributed by atoms with van der Waals surface area (Å²) < 4.78 is 0.927. The number of amidine groups is 1. The van der Waals surface area contributed by atoms with Gasteiger partial charge in [-0.05, 0) is 31.5 Å². The Kier molecular flexibility index (Phi) is 4.24. The van der Waals surface area contributed by atoms with Crippen LogP contribution in [0.25, 0.3) is 0 Å². The van der Waals surface area contributed by atoms with Gasteiger partial charge in [-0.2, -0.15) is 4.99 Å². The van der Waals surface area contributed by atoms with Gasteiger partial charge in [0.1, 0.15) is 5.84 Å². The Labute approximate surface area is 104 Å². The quantitative estimate of drug-likeness (QED) is 0.586. The number of aliphatic imine (C=N–C) groups is 1. The fourth-order valence-electron chi connectivity index (χ4n) is 1.04. The Morgan fingerprint density at radius 1 is 1.38 bits per heavy atom. The number of halogens is 1. The van der Waals surface area contributed by atoms with Crippen LogP contribution in [0.4, 0.5) is 0 Å². The second kappa shape index (κ2) is 5.25. The van der Waals surface area contributed by atoms with Crippen molar-refractivity contribution in [2.24, 2.45) is 4.99 Å². The lowest BCUT2D eigenvalue weighted by Crippen LogP contribution is -2.19. The first-order valence-electron chi connectivity index (χ1n) is 4.95. The molecule has 1 rings (SSSR count). The molecule has 0 aliphatic rings. The van der Waals surface area contributed by atoms with E-state index in [0.717, 1.165) is 10.0 Å². The molecular formula is C12H15BrN2O. The number of carbonyl (C=O) groups is 1. The van der Waals surface area contributed by atoms with Gasteiger partial charge in [-0.25, -0.2) is 0 Å². The number of hydrogen-bond acceptors (Lipinski definition) is 1. The van der Waals surface area contributed by atoms with Crippen molar-refractivity contribution in [3.8, 4) is 0 Å². The summed E-state index contributed by atoms with van der Waals surface area (Å²) in [5, 5.41) is 0. The minimum atomic E-state index is -0.216. The molecule has 0 radical (unpaired) electrons. The molecule has 1 aromatic carbocycles. The summed E-state index contributed by atoms with van der Waals surface area (Å²) in [6, 6.07) is 5.48. The fourth-order valence-corrected chi connectivity index (χ4v) is 1.42. The molecule has 0 aliphatic carbocycles. The fraction of sp³-hybridized carbons (Fsp3) is 0.333. The molecule has 0 atom stereocenters. The SMILES string of the molecule is C/C(=N\C(=O)c1ccc(C)c(Br)c1)N(C)C. The van der Waals surface area contributed by atoms with Crippen molar-refractivity contribution in [1.29, 1.82) is 0 Å². The zero-order chi connectivity index (χ0) is 12.3. The van der Waals surface area contributed by atoms with Crippen LogP contribution in [0.1, 0.15) is 22.8 Å². The molecule has 0 aliphatic heterocycles. The molecule has 0 unspecified atom stereocenters. The molecular weight excluding hydrogens is 268 g/mol. The lowest BCUT2D eigenvalue weighted by molar-refractivity contribution is 0.100. The molecule has 0 N–H and O–H groups in total. The third-order valence-corrected chi connectivity index (χ3v) is 3.18. The lowest BCUT2D eigenvalue weighted by Gasteiger charge is -2.10. The Bertz CT molecular complexity index is 439. The highest BCUT2D eigenvalue weighted by Gasteiger charge is 2.07. The first-order chi connectivity index (χ1) is 7.41. The minimum Gasteiger partial charge on any atom is -0.366 e. The van der Waals surface area contributed by atoms with Crippen LogP contribution in [0.3, 0.4) is 0 Å². The minimum absolute atomic E-state index is 0.216. The molecule has 1 amide bonds. The molecule has 0 aromatic heterocycles. The standard InChI is InChI=1S/C12H15BrN2O/c1-8-5-6-10(7-11(8)13)12(16)14-9(2)15(3)4/h5-7H,1-4H3/b14-9+. The van der Waals surface area contributed by atoms with Crippen molar-refractivity contribution >= 4 is 27.7 Å². The molecule has 0 saturated carbocycles. The molecule has 1 aromatic rings. The maximum atomic E-state index is 11.8. The van der Waals surface area contributed by atoms with Crippen molar-refractivity contribution < 1.29 is 4.79 Å². The zero-order valence-electron chi connectivity index (χ0n) is 9.91. The van der Waals surface area contributed by atoms with Crippen LogP contribution >= 0.6 is 15.9 Å². The summed E-state index contributed by atoms with van der Waals surface area (Å²) >= 11 is 3.40. The van der Waals surface area contributed by atoms with Crippen molar-refractivity contribution in [1.82, 2.24) is 4.90 Å². The van der Waals surface area contributed by atoms with Crippen LogP contribution in [-0.4, -0.2) is 30.7 Å². The highest BCUT2D eigenvalue weighted by Crippen LogP contribution is 2.18. The Hall–Kier alpha value is -1.16. The zero-order valence-corrected chi connectivity index (χ0v) is 11.5. The van der Waals surface area contributed by atoms with E-state index in [-0.39, 0.29) is 5.91 Å². The number of aryl methyl sites for hydroxylation is 1. The van der Waals surface area contributed by atoms with E-state index in [1.807, 2.05) is 27.1 Å². The van der Waals surface area contributed by atoms with E-state index in [1.165, 1.54) is 0 Å². The summed E-state index contributed by atoms with van der Waals surface area (Å²) in [4.78, 5) is 17.6. The number of benzene rings is 1. The second-order valence-electron chi connectivity index (χ2n) is 3.82. The maximum Gasteiger partial charge on any atom is 0.278 e. The number of nitrogens with zero attached hydrogens (tertiary/aromatic N) is 2. The number of carbonyl (C=O) groups excluding carboxylic acids is 1. The van der Waals surface area contributed by atoms with Gasteiger partial charge in [0.15, 0.2) is 0 Å². The average molecular weight is 283 g/mol. The van der Waals surface area contributed by atoms with Crippen LogP contribution in [0.2, 0.25) is 0 Å². The van der Waals surface area contributed by atoms with Gasteiger partial charge in [0.25, 0.3) is 5.91 Å².